The fraction of sp³-hybridized carbons (Fsp3) is 0.625. The first-order valence-corrected chi connectivity index (χ1v) is 3.84. The van der Waals surface area contributed by atoms with Crippen molar-refractivity contribution in [3.63, 3.8) is 0 Å². The predicted octanol–water partition coefficient (Wildman–Crippen LogP) is 0.937. The Balaban J connectivity index is 2.19. The minimum Gasteiger partial charge on any atom is -0.336 e. The minimum absolute atomic E-state index is 0.342. The number of rotatable bonds is 0. The number of fused-ring (bicyclic) bond motifs is 1. The van der Waals surface area contributed by atoms with Gasteiger partial charge in [-0.05, 0) is 12.8 Å². The van der Waals surface area contributed by atoms with Crippen LogP contribution in [0.15, 0.2) is 12.2 Å². The second-order valence-corrected chi connectivity index (χ2v) is 2.91. The standard InChI is InChI=1S/C8H11NO/c10-8-5-4-7-3-1-2-6-9(7)8/h1,3,7H,2,4-6H2/t7-/m0/s1. The monoisotopic (exact) mass is 137 g/mol. The van der Waals surface area contributed by atoms with Crippen LogP contribution < -0.4 is 0 Å². The molecule has 10 heavy (non-hydrogen) atoms. The van der Waals surface area contributed by atoms with Crippen LogP contribution in [0.4, 0.5) is 0 Å². The summed E-state index contributed by atoms with van der Waals surface area (Å²) in [5, 5.41) is 0. The molecule has 2 heteroatoms. The van der Waals surface area contributed by atoms with Crippen molar-refractivity contribution in [1.29, 1.82) is 0 Å². The average Bonchev–Trinajstić information content (AvgIpc) is 2.34. The van der Waals surface area contributed by atoms with Crippen molar-refractivity contribution < 1.29 is 4.79 Å². The topological polar surface area (TPSA) is 20.3 Å². The Hall–Kier alpha value is -0.790. The first-order chi connectivity index (χ1) is 4.88. The molecule has 0 saturated carbocycles. The highest BCUT2D eigenvalue weighted by molar-refractivity contribution is 5.79. The second kappa shape index (κ2) is 2.11. The maximum Gasteiger partial charge on any atom is 0.223 e. The summed E-state index contributed by atoms with van der Waals surface area (Å²) in [6.07, 6.45) is 7.18. The molecule has 0 aliphatic carbocycles. The third-order valence-corrected chi connectivity index (χ3v) is 2.27. The van der Waals surface area contributed by atoms with Gasteiger partial charge in [0.1, 0.15) is 0 Å². The molecule has 0 aromatic heterocycles. The lowest BCUT2D eigenvalue weighted by Crippen LogP contribution is -2.34. The molecule has 0 aromatic carbocycles. The molecule has 0 bridgehead atoms. The number of hydrogen-bond donors (Lipinski definition) is 0. The van der Waals surface area contributed by atoms with Gasteiger partial charge >= 0.3 is 0 Å². The van der Waals surface area contributed by atoms with Gasteiger partial charge in [0.25, 0.3) is 0 Å². The van der Waals surface area contributed by atoms with Gasteiger partial charge in [0.15, 0.2) is 0 Å². The Kier molecular flexibility index (Phi) is 1.26. The zero-order chi connectivity index (χ0) is 6.97. The molecule has 1 saturated heterocycles. The highest BCUT2D eigenvalue weighted by atomic mass is 16.2. The van der Waals surface area contributed by atoms with Gasteiger partial charge in [-0.25, -0.2) is 0 Å². The fourth-order valence-electron chi connectivity index (χ4n) is 1.71. The minimum atomic E-state index is 0.342. The Morgan fingerprint density at radius 3 is 3.30 bits per heavy atom. The van der Waals surface area contributed by atoms with Gasteiger partial charge in [0.05, 0.1) is 6.04 Å². The molecule has 0 radical (unpaired) electrons. The van der Waals surface area contributed by atoms with Crippen molar-refractivity contribution in [2.24, 2.45) is 0 Å². The zero-order valence-electron chi connectivity index (χ0n) is 5.92. The van der Waals surface area contributed by atoms with Crippen molar-refractivity contribution in [3.8, 4) is 0 Å². The lowest BCUT2D eigenvalue weighted by molar-refractivity contribution is -0.128. The summed E-state index contributed by atoms with van der Waals surface area (Å²) in [6, 6.07) is 0.446. The highest BCUT2D eigenvalue weighted by Crippen LogP contribution is 2.22. The number of amides is 1. The molecule has 2 rings (SSSR count). The molecule has 54 valence electrons. The normalized spacial score (nSPS) is 31.0. The lowest BCUT2D eigenvalue weighted by atomic mass is 10.1. The number of carbonyl (C=O) groups excluding carboxylic acids is 1. The van der Waals surface area contributed by atoms with E-state index in [-0.39, 0.29) is 0 Å². The average molecular weight is 137 g/mol. The summed E-state index contributed by atoms with van der Waals surface area (Å²) >= 11 is 0. The van der Waals surface area contributed by atoms with E-state index in [0.29, 0.717) is 11.9 Å². The van der Waals surface area contributed by atoms with E-state index >= 15 is 0 Å². The number of carbonyl (C=O) groups is 1. The summed E-state index contributed by atoms with van der Waals surface area (Å²) in [7, 11) is 0. The molecule has 0 spiro atoms. The lowest BCUT2D eigenvalue weighted by Gasteiger charge is -2.24. The molecule has 2 heterocycles. The Labute approximate surface area is 60.5 Å². The first-order valence-electron chi connectivity index (χ1n) is 3.84. The Morgan fingerprint density at radius 2 is 2.50 bits per heavy atom. The van der Waals surface area contributed by atoms with Gasteiger partial charge in [0.2, 0.25) is 5.91 Å². The van der Waals surface area contributed by atoms with E-state index in [4.69, 9.17) is 0 Å². The van der Waals surface area contributed by atoms with Gasteiger partial charge in [-0.15, -0.1) is 0 Å². The largest absolute Gasteiger partial charge is 0.336 e. The van der Waals surface area contributed by atoms with Crippen LogP contribution in [0.3, 0.4) is 0 Å². The van der Waals surface area contributed by atoms with E-state index in [1.165, 1.54) is 0 Å². The van der Waals surface area contributed by atoms with Crippen LogP contribution >= 0.6 is 0 Å². The smallest absolute Gasteiger partial charge is 0.223 e. The van der Waals surface area contributed by atoms with Crippen molar-refractivity contribution >= 4 is 5.91 Å². The maximum absolute atomic E-state index is 11.1. The summed E-state index contributed by atoms with van der Waals surface area (Å²) in [6.45, 7) is 0.944. The molecular formula is C8H11NO. The molecule has 2 nitrogen and oxygen atoms in total. The summed E-state index contributed by atoms with van der Waals surface area (Å²) < 4.78 is 0. The Bertz CT molecular complexity index is 186. The zero-order valence-corrected chi connectivity index (χ0v) is 5.92. The van der Waals surface area contributed by atoms with Crippen LogP contribution in [0.5, 0.6) is 0 Å². The van der Waals surface area contributed by atoms with Gasteiger partial charge in [-0.2, -0.15) is 0 Å². The maximum atomic E-state index is 11.1. The van der Waals surface area contributed by atoms with Crippen molar-refractivity contribution in [2.45, 2.75) is 25.3 Å². The number of nitrogens with zero attached hydrogens (tertiary/aromatic N) is 1. The second-order valence-electron chi connectivity index (χ2n) is 2.91. The van der Waals surface area contributed by atoms with Gasteiger partial charge in [-0.3, -0.25) is 4.79 Å². The molecule has 1 atom stereocenters. The van der Waals surface area contributed by atoms with Crippen LogP contribution in [-0.2, 0) is 4.79 Å². The quantitative estimate of drug-likeness (QED) is 0.455. The van der Waals surface area contributed by atoms with E-state index in [0.717, 1.165) is 25.8 Å². The van der Waals surface area contributed by atoms with Crippen LogP contribution in [-0.4, -0.2) is 23.4 Å². The van der Waals surface area contributed by atoms with E-state index in [9.17, 15) is 4.79 Å². The van der Waals surface area contributed by atoms with E-state index in [2.05, 4.69) is 12.2 Å². The molecular weight excluding hydrogens is 126 g/mol. The highest BCUT2D eigenvalue weighted by Gasteiger charge is 2.29. The molecule has 2 aliphatic heterocycles. The SMILES string of the molecule is O=C1CC[C@@H]2C=CCCN12. The van der Waals surface area contributed by atoms with E-state index in [1.807, 2.05) is 4.90 Å². The van der Waals surface area contributed by atoms with E-state index in [1.54, 1.807) is 0 Å². The third kappa shape index (κ3) is 0.753. The van der Waals surface area contributed by atoms with Gasteiger partial charge in [0, 0.05) is 13.0 Å². The summed E-state index contributed by atoms with van der Waals surface area (Å²) in [5.74, 6) is 0.342. The molecule has 0 unspecified atom stereocenters. The van der Waals surface area contributed by atoms with Crippen LogP contribution in [0.25, 0.3) is 0 Å². The van der Waals surface area contributed by atoms with E-state index < -0.39 is 0 Å². The summed E-state index contributed by atoms with van der Waals surface area (Å²) in [4.78, 5) is 13.1. The first kappa shape index (κ1) is 5.96. The molecule has 0 aromatic rings. The molecule has 1 fully saturated rings. The predicted molar refractivity (Wildman–Crippen MR) is 38.5 cm³/mol. The van der Waals surface area contributed by atoms with Crippen LogP contribution in [0.2, 0.25) is 0 Å². The van der Waals surface area contributed by atoms with Crippen LogP contribution in [0, 0.1) is 0 Å². The van der Waals surface area contributed by atoms with Crippen molar-refractivity contribution in [1.82, 2.24) is 4.90 Å². The van der Waals surface area contributed by atoms with Crippen molar-refractivity contribution in [3.05, 3.63) is 12.2 Å². The van der Waals surface area contributed by atoms with Crippen molar-refractivity contribution in [2.75, 3.05) is 6.54 Å². The molecule has 2 aliphatic rings. The Morgan fingerprint density at radius 1 is 1.60 bits per heavy atom. The van der Waals surface area contributed by atoms with Gasteiger partial charge < -0.3 is 4.90 Å². The van der Waals surface area contributed by atoms with Gasteiger partial charge in [-0.1, -0.05) is 12.2 Å². The number of hydrogen-bond acceptors (Lipinski definition) is 1. The van der Waals surface area contributed by atoms with Crippen LogP contribution in [0.1, 0.15) is 19.3 Å². The molecule has 1 amide bonds. The summed E-state index contributed by atoms with van der Waals surface area (Å²) in [5.41, 5.74) is 0. The third-order valence-electron chi connectivity index (χ3n) is 2.27. The molecule has 0 N–H and O–H groups in total. The fourth-order valence-corrected chi connectivity index (χ4v) is 1.71.